The molecular weight excluding hydrogens is 292 g/mol. The van der Waals surface area contributed by atoms with Gasteiger partial charge in [0.1, 0.15) is 0 Å². The van der Waals surface area contributed by atoms with E-state index in [0.29, 0.717) is 11.6 Å². The Hall–Kier alpha value is -2.79. The van der Waals surface area contributed by atoms with Crippen LogP contribution < -0.4 is 0 Å². The number of aryl methyl sites for hydroxylation is 1. The molecule has 120 valence electrons. The molecule has 0 atom stereocenters. The second kappa shape index (κ2) is 6.37. The number of aromatic nitrogens is 1. The monoisotopic (exact) mass is 314 g/mol. The largest absolute Gasteiger partial charge is 0.346 e. The Bertz CT molecular complexity index is 965. The molecule has 0 spiro atoms. The van der Waals surface area contributed by atoms with Crippen LogP contribution in [-0.4, -0.2) is 4.57 Å². The highest BCUT2D eigenvalue weighted by atomic mass is 15.0. The maximum absolute atomic E-state index is 9.66. The highest BCUT2D eigenvalue weighted by Gasteiger charge is 2.11. The molecule has 1 heterocycles. The van der Waals surface area contributed by atoms with Crippen molar-refractivity contribution >= 4 is 22.4 Å². The van der Waals surface area contributed by atoms with Gasteiger partial charge in [-0.3, -0.25) is 0 Å². The number of hydrogen-bond donors (Lipinski definition) is 0. The van der Waals surface area contributed by atoms with Crippen molar-refractivity contribution in [2.75, 3.05) is 0 Å². The van der Waals surface area contributed by atoms with E-state index in [0.717, 1.165) is 16.5 Å². The Morgan fingerprint density at radius 2 is 1.75 bits per heavy atom. The summed E-state index contributed by atoms with van der Waals surface area (Å²) in [5.74, 6) is 0. The molecule has 0 amide bonds. The SMILES string of the molecule is Cc1cc(/C=C(/C#N)c2ccc3ccccc3c2)c(C)n1C(C)C. The highest BCUT2D eigenvalue weighted by molar-refractivity contribution is 5.94. The zero-order valence-corrected chi connectivity index (χ0v) is 14.7. The van der Waals surface area contributed by atoms with Gasteiger partial charge in [0.2, 0.25) is 0 Å². The quantitative estimate of drug-likeness (QED) is 0.553. The predicted octanol–water partition coefficient (Wildman–Crippen LogP) is 5.90. The summed E-state index contributed by atoms with van der Waals surface area (Å²) < 4.78 is 2.31. The number of rotatable bonds is 3. The van der Waals surface area contributed by atoms with Gasteiger partial charge in [-0.1, -0.05) is 36.4 Å². The van der Waals surface area contributed by atoms with Crippen LogP contribution in [0, 0.1) is 25.2 Å². The predicted molar refractivity (Wildman–Crippen MR) is 102 cm³/mol. The average molecular weight is 314 g/mol. The normalized spacial score (nSPS) is 11.9. The molecule has 2 aromatic carbocycles. The smallest absolute Gasteiger partial charge is 0.0998 e. The van der Waals surface area contributed by atoms with Gasteiger partial charge >= 0.3 is 0 Å². The van der Waals surface area contributed by atoms with Gasteiger partial charge in [0.25, 0.3) is 0 Å². The van der Waals surface area contributed by atoms with Crippen LogP contribution in [0.5, 0.6) is 0 Å². The number of nitrogens with zero attached hydrogens (tertiary/aromatic N) is 2. The van der Waals surface area contributed by atoms with Crippen LogP contribution in [0.2, 0.25) is 0 Å². The summed E-state index contributed by atoms with van der Waals surface area (Å²) in [5, 5.41) is 12.0. The standard InChI is InChI=1S/C22H22N2/c1-15(2)24-16(3)11-21(17(24)4)13-22(14-23)20-10-9-18-7-5-6-8-19(18)12-20/h5-13,15H,1-4H3/b22-13-. The van der Waals surface area contributed by atoms with Gasteiger partial charge in [-0.15, -0.1) is 0 Å². The molecule has 0 saturated carbocycles. The minimum Gasteiger partial charge on any atom is -0.346 e. The Morgan fingerprint density at radius 3 is 2.38 bits per heavy atom. The van der Waals surface area contributed by atoms with Gasteiger partial charge < -0.3 is 4.57 Å². The fourth-order valence-electron chi connectivity index (χ4n) is 3.44. The van der Waals surface area contributed by atoms with Crippen LogP contribution in [-0.2, 0) is 0 Å². The molecule has 0 aliphatic carbocycles. The van der Waals surface area contributed by atoms with Crippen LogP contribution in [0.25, 0.3) is 22.4 Å². The lowest BCUT2D eigenvalue weighted by Gasteiger charge is -2.13. The van der Waals surface area contributed by atoms with Crippen molar-refractivity contribution < 1.29 is 0 Å². The number of benzene rings is 2. The summed E-state index contributed by atoms with van der Waals surface area (Å²) in [7, 11) is 0. The minimum atomic E-state index is 0.415. The van der Waals surface area contributed by atoms with Crippen molar-refractivity contribution in [2.24, 2.45) is 0 Å². The van der Waals surface area contributed by atoms with Crippen molar-refractivity contribution in [3.8, 4) is 6.07 Å². The fraction of sp³-hybridized carbons (Fsp3) is 0.227. The Morgan fingerprint density at radius 1 is 1.04 bits per heavy atom. The first-order valence-electron chi connectivity index (χ1n) is 8.30. The van der Waals surface area contributed by atoms with E-state index < -0.39 is 0 Å². The molecule has 2 heteroatoms. The first kappa shape index (κ1) is 16.1. The van der Waals surface area contributed by atoms with E-state index in [4.69, 9.17) is 0 Å². The van der Waals surface area contributed by atoms with E-state index in [1.165, 1.54) is 16.8 Å². The molecule has 3 aromatic rings. The minimum absolute atomic E-state index is 0.415. The lowest BCUT2D eigenvalue weighted by Crippen LogP contribution is -2.04. The van der Waals surface area contributed by atoms with Crippen LogP contribution in [0.4, 0.5) is 0 Å². The first-order chi connectivity index (χ1) is 11.5. The number of hydrogen-bond acceptors (Lipinski definition) is 1. The molecule has 3 rings (SSSR count). The molecule has 0 bridgehead atoms. The van der Waals surface area contributed by atoms with Gasteiger partial charge in [0, 0.05) is 17.4 Å². The average Bonchev–Trinajstić information content (AvgIpc) is 2.85. The molecule has 0 fully saturated rings. The van der Waals surface area contributed by atoms with E-state index >= 15 is 0 Å². The van der Waals surface area contributed by atoms with Crippen molar-refractivity contribution in [3.63, 3.8) is 0 Å². The third-order valence-electron chi connectivity index (χ3n) is 4.52. The summed E-state index contributed by atoms with van der Waals surface area (Å²) in [6, 6.07) is 19.4. The lowest BCUT2D eigenvalue weighted by molar-refractivity contribution is 0.574. The zero-order valence-electron chi connectivity index (χ0n) is 14.7. The van der Waals surface area contributed by atoms with Crippen LogP contribution in [0.1, 0.15) is 42.4 Å². The van der Waals surface area contributed by atoms with Crippen LogP contribution in [0.15, 0.2) is 48.5 Å². The first-order valence-corrected chi connectivity index (χ1v) is 8.30. The van der Waals surface area contributed by atoms with Gasteiger partial charge in [0.15, 0.2) is 0 Å². The maximum Gasteiger partial charge on any atom is 0.0998 e. The van der Waals surface area contributed by atoms with E-state index in [1.807, 2.05) is 24.3 Å². The summed E-state index contributed by atoms with van der Waals surface area (Å²) in [5.41, 5.74) is 5.21. The zero-order chi connectivity index (χ0) is 17.3. The number of fused-ring (bicyclic) bond motifs is 1. The molecule has 2 nitrogen and oxygen atoms in total. The Kier molecular flexibility index (Phi) is 4.27. The number of allylic oxidation sites excluding steroid dienone is 1. The van der Waals surface area contributed by atoms with E-state index in [-0.39, 0.29) is 0 Å². The van der Waals surface area contributed by atoms with Gasteiger partial charge in [-0.05, 0) is 67.8 Å². The van der Waals surface area contributed by atoms with Crippen molar-refractivity contribution in [1.29, 1.82) is 5.26 Å². The summed E-state index contributed by atoms with van der Waals surface area (Å²) >= 11 is 0. The molecule has 1 aromatic heterocycles. The van der Waals surface area contributed by atoms with Crippen molar-refractivity contribution in [2.45, 2.75) is 33.7 Å². The molecular formula is C22H22N2. The lowest BCUT2D eigenvalue weighted by atomic mass is 10.0. The Balaban J connectivity index is 2.09. The van der Waals surface area contributed by atoms with Gasteiger partial charge in [-0.2, -0.15) is 5.26 Å². The van der Waals surface area contributed by atoms with E-state index in [1.54, 1.807) is 0 Å². The Labute approximate surface area is 143 Å². The summed E-state index contributed by atoms with van der Waals surface area (Å²) in [6.45, 7) is 8.60. The van der Waals surface area contributed by atoms with E-state index in [9.17, 15) is 5.26 Å². The molecule has 0 unspecified atom stereocenters. The topological polar surface area (TPSA) is 28.7 Å². The van der Waals surface area contributed by atoms with E-state index in [2.05, 4.69) is 68.7 Å². The van der Waals surface area contributed by atoms with Gasteiger partial charge in [-0.25, -0.2) is 0 Å². The summed E-state index contributed by atoms with van der Waals surface area (Å²) in [6.07, 6.45) is 2.01. The molecule has 0 saturated heterocycles. The third-order valence-corrected chi connectivity index (χ3v) is 4.52. The van der Waals surface area contributed by atoms with Crippen molar-refractivity contribution in [1.82, 2.24) is 4.57 Å². The molecule has 0 radical (unpaired) electrons. The molecule has 0 aliphatic heterocycles. The second-order valence-corrected chi connectivity index (χ2v) is 6.52. The van der Waals surface area contributed by atoms with Crippen LogP contribution >= 0.6 is 0 Å². The maximum atomic E-state index is 9.66. The number of nitriles is 1. The molecule has 24 heavy (non-hydrogen) atoms. The van der Waals surface area contributed by atoms with Gasteiger partial charge in [0.05, 0.1) is 11.6 Å². The van der Waals surface area contributed by atoms with Crippen molar-refractivity contribution in [3.05, 3.63) is 71.0 Å². The second-order valence-electron chi connectivity index (χ2n) is 6.52. The summed E-state index contributed by atoms with van der Waals surface area (Å²) in [4.78, 5) is 0. The molecule has 0 N–H and O–H groups in total. The molecule has 0 aliphatic rings. The third kappa shape index (κ3) is 2.86. The fourth-order valence-corrected chi connectivity index (χ4v) is 3.44. The highest BCUT2D eigenvalue weighted by Crippen LogP contribution is 2.26. The van der Waals surface area contributed by atoms with Crippen LogP contribution in [0.3, 0.4) is 0 Å².